The van der Waals surface area contributed by atoms with E-state index in [0.717, 1.165) is 75.0 Å². The summed E-state index contributed by atoms with van der Waals surface area (Å²) in [7, 11) is 0. The van der Waals surface area contributed by atoms with Crippen molar-refractivity contribution in [2.75, 3.05) is 6.54 Å². The highest BCUT2D eigenvalue weighted by Gasteiger charge is 2.42. The number of carbonyl (C=O) groups excluding carboxylic acids is 2. The van der Waals surface area contributed by atoms with E-state index in [4.69, 9.17) is 0 Å². The normalized spacial score (nSPS) is 26.4. The second-order valence-corrected chi connectivity index (χ2v) is 7.89. The second kappa shape index (κ2) is 6.45. The number of amides is 2. The predicted molar refractivity (Wildman–Crippen MR) is 93.4 cm³/mol. The van der Waals surface area contributed by atoms with E-state index >= 15 is 0 Å². The number of aryl methyl sites for hydroxylation is 1. The summed E-state index contributed by atoms with van der Waals surface area (Å²) in [6.45, 7) is 0.786. The number of hydrogen-bond donors (Lipinski definition) is 2. The smallest absolute Gasteiger partial charge is 0.277 e. The van der Waals surface area contributed by atoms with Crippen LogP contribution in [-0.2, 0) is 17.6 Å². The Kier molecular flexibility index (Phi) is 4.28. The molecule has 0 aromatic heterocycles. The van der Waals surface area contributed by atoms with Gasteiger partial charge in [0.25, 0.3) is 5.91 Å². The Labute approximate surface area is 148 Å². The van der Waals surface area contributed by atoms with Gasteiger partial charge in [0.2, 0.25) is 5.91 Å². The van der Waals surface area contributed by atoms with Crippen molar-refractivity contribution in [3.8, 4) is 0 Å². The molecule has 5 nitrogen and oxygen atoms in total. The van der Waals surface area contributed by atoms with Crippen molar-refractivity contribution in [2.45, 2.75) is 63.8 Å². The van der Waals surface area contributed by atoms with Gasteiger partial charge in [-0.1, -0.05) is 18.9 Å². The summed E-state index contributed by atoms with van der Waals surface area (Å²) in [5.74, 6) is -0.113. The zero-order valence-electron chi connectivity index (χ0n) is 14.6. The number of fused-ring (bicyclic) bond motifs is 1. The van der Waals surface area contributed by atoms with Crippen molar-refractivity contribution in [1.29, 1.82) is 0 Å². The number of benzene rings is 1. The van der Waals surface area contributed by atoms with Gasteiger partial charge in [-0.05, 0) is 68.2 Å². The second-order valence-electron chi connectivity index (χ2n) is 7.89. The van der Waals surface area contributed by atoms with Crippen LogP contribution in [0.4, 0.5) is 0 Å². The lowest BCUT2D eigenvalue weighted by molar-refractivity contribution is -0.134. The van der Waals surface area contributed by atoms with Crippen molar-refractivity contribution in [3.05, 3.63) is 34.9 Å². The zero-order chi connectivity index (χ0) is 17.4. The fraction of sp³-hybridized carbons (Fsp3) is 0.600. The Hall–Kier alpha value is -1.88. The van der Waals surface area contributed by atoms with Crippen LogP contribution >= 0.6 is 0 Å². The maximum atomic E-state index is 12.6. The first-order chi connectivity index (χ1) is 12.1. The van der Waals surface area contributed by atoms with Crippen molar-refractivity contribution in [1.82, 2.24) is 10.4 Å². The van der Waals surface area contributed by atoms with Crippen LogP contribution in [0.3, 0.4) is 0 Å². The summed E-state index contributed by atoms with van der Waals surface area (Å²) >= 11 is 0. The Morgan fingerprint density at radius 3 is 2.72 bits per heavy atom. The molecule has 1 saturated carbocycles. The number of nitrogens with one attached hydrogen (secondary N) is 1. The summed E-state index contributed by atoms with van der Waals surface area (Å²) in [4.78, 5) is 25.0. The average molecular weight is 342 g/mol. The monoisotopic (exact) mass is 342 g/mol. The lowest BCUT2D eigenvalue weighted by Gasteiger charge is -2.40. The van der Waals surface area contributed by atoms with Gasteiger partial charge in [0.1, 0.15) is 0 Å². The molecule has 1 spiro atoms. The first kappa shape index (κ1) is 16.6. The first-order valence-corrected chi connectivity index (χ1v) is 9.52. The fourth-order valence-corrected chi connectivity index (χ4v) is 4.77. The maximum Gasteiger partial charge on any atom is 0.277 e. The Bertz CT molecular complexity index is 696. The van der Waals surface area contributed by atoms with E-state index in [9.17, 15) is 14.8 Å². The average Bonchev–Trinajstić information content (AvgIpc) is 3.17. The highest BCUT2D eigenvalue weighted by Crippen LogP contribution is 2.41. The van der Waals surface area contributed by atoms with Gasteiger partial charge in [-0.25, -0.2) is 5.06 Å². The number of piperidine rings is 1. The van der Waals surface area contributed by atoms with E-state index in [1.54, 1.807) is 6.07 Å². The Morgan fingerprint density at radius 2 is 1.96 bits per heavy atom. The fourth-order valence-electron chi connectivity index (χ4n) is 4.77. The molecule has 0 bridgehead atoms. The molecule has 1 saturated heterocycles. The summed E-state index contributed by atoms with van der Waals surface area (Å²) in [6.07, 6.45) is 8.31. The topological polar surface area (TPSA) is 69.6 Å². The van der Waals surface area contributed by atoms with Gasteiger partial charge in [-0.2, -0.15) is 0 Å². The van der Waals surface area contributed by atoms with Crippen molar-refractivity contribution < 1.29 is 14.8 Å². The summed E-state index contributed by atoms with van der Waals surface area (Å²) < 4.78 is 0. The van der Waals surface area contributed by atoms with Gasteiger partial charge >= 0.3 is 0 Å². The van der Waals surface area contributed by atoms with Crippen LogP contribution < -0.4 is 5.32 Å². The van der Waals surface area contributed by atoms with Gasteiger partial charge in [0.15, 0.2) is 0 Å². The molecule has 1 aromatic carbocycles. The molecule has 0 unspecified atom stereocenters. The maximum absolute atomic E-state index is 12.6. The van der Waals surface area contributed by atoms with Gasteiger partial charge in [0, 0.05) is 12.1 Å². The molecule has 2 fully saturated rings. The molecule has 0 radical (unpaired) electrons. The number of hydroxylamine groups is 2. The molecule has 1 heterocycles. The van der Waals surface area contributed by atoms with Crippen LogP contribution in [0.1, 0.15) is 66.4 Å². The number of hydrogen-bond acceptors (Lipinski definition) is 3. The Balaban J connectivity index is 1.53. The molecule has 2 N–H and O–H groups in total. The zero-order valence-corrected chi connectivity index (χ0v) is 14.6. The third kappa shape index (κ3) is 2.95. The van der Waals surface area contributed by atoms with E-state index in [1.807, 2.05) is 12.1 Å². The molecule has 1 atom stereocenters. The van der Waals surface area contributed by atoms with Gasteiger partial charge < -0.3 is 5.32 Å². The standard InChI is InChI=1S/C20H26N2O3/c23-18(22(25)17-4-1-2-5-17)15-6-7-16-13-20(10-8-14(16)12-15)9-3-11-21-19(20)24/h6-7,12,17,25H,1-5,8-11,13H2,(H,21,24)/t20-/m1/s1. The predicted octanol–water partition coefficient (Wildman–Crippen LogP) is 2.85. The first-order valence-electron chi connectivity index (χ1n) is 9.52. The molecule has 1 aromatic rings. The summed E-state index contributed by atoms with van der Waals surface area (Å²) in [5.41, 5.74) is 2.61. The SMILES string of the molecule is O=C(c1ccc2c(c1)CC[C@]1(CCCNC1=O)C2)N(O)C1CCCC1. The van der Waals surface area contributed by atoms with Crippen molar-refractivity contribution in [3.63, 3.8) is 0 Å². The third-order valence-corrected chi connectivity index (χ3v) is 6.33. The molecule has 1 aliphatic heterocycles. The van der Waals surface area contributed by atoms with Crippen molar-refractivity contribution in [2.24, 2.45) is 5.41 Å². The number of carbonyl (C=O) groups is 2. The van der Waals surface area contributed by atoms with Crippen LogP contribution in [0.5, 0.6) is 0 Å². The van der Waals surface area contributed by atoms with Crippen LogP contribution in [0.15, 0.2) is 18.2 Å². The van der Waals surface area contributed by atoms with E-state index in [-0.39, 0.29) is 23.3 Å². The molecule has 2 amide bonds. The van der Waals surface area contributed by atoms with Crippen molar-refractivity contribution >= 4 is 11.8 Å². The minimum atomic E-state index is -0.301. The lowest BCUT2D eigenvalue weighted by atomic mass is 9.67. The minimum absolute atomic E-state index is 0.0438. The molecule has 3 aliphatic rings. The molecular weight excluding hydrogens is 316 g/mol. The lowest BCUT2D eigenvalue weighted by Crippen LogP contribution is -2.48. The molecule has 134 valence electrons. The van der Waals surface area contributed by atoms with Crippen LogP contribution in [0.2, 0.25) is 0 Å². The highest BCUT2D eigenvalue weighted by molar-refractivity contribution is 5.94. The molecular formula is C20H26N2O3. The number of rotatable bonds is 2. The largest absolute Gasteiger partial charge is 0.356 e. The van der Waals surface area contributed by atoms with Gasteiger partial charge in [0.05, 0.1) is 11.5 Å². The van der Waals surface area contributed by atoms with Gasteiger partial charge in [-0.15, -0.1) is 0 Å². The Morgan fingerprint density at radius 1 is 1.16 bits per heavy atom. The molecule has 4 rings (SSSR count). The molecule has 2 aliphatic carbocycles. The summed E-state index contributed by atoms with van der Waals surface area (Å²) in [6, 6.07) is 5.66. The quantitative estimate of drug-likeness (QED) is 0.641. The molecule has 5 heteroatoms. The minimum Gasteiger partial charge on any atom is -0.356 e. The molecule has 25 heavy (non-hydrogen) atoms. The van der Waals surface area contributed by atoms with Crippen LogP contribution in [0.25, 0.3) is 0 Å². The van der Waals surface area contributed by atoms with E-state index < -0.39 is 0 Å². The third-order valence-electron chi connectivity index (χ3n) is 6.33. The van der Waals surface area contributed by atoms with Crippen LogP contribution in [-0.4, -0.2) is 34.7 Å². The highest BCUT2D eigenvalue weighted by atomic mass is 16.5. The van der Waals surface area contributed by atoms with E-state index in [0.29, 0.717) is 5.56 Å². The van der Waals surface area contributed by atoms with E-state index in [2.05, 4.69) is 5.32 Å². The van der Waals surface area contributed by atoms with E-state index in [1.165, 1.54) is 5.56 Å². The number of nitrogens with zero attached hydrogens (tertiary/aromatic N) is 1. The van der Waals surface area contributed by atoms with Crippen LogP contribution in [0, 0.1) is 5.41 Å². The van der Waals surface area contributed by atoms with Gasteiger partial charge in [-0.3, -0.25) is 14.8 Å². The summed E-state index contributed by atoms with van der Waals surface area (Å²) in [5, 5.41) is 14.2.